The van der Waals surface area contributed by atoms with E-state index in [1.165, 1.54) is 0 Å². The van der Waals surface area contributed by atoms with Crippen molar-refractivity contribution in [3.8, 4) is 5.75 Å². The lowest BCUT2D eigenvalue weighted by Gasteiger charge is -2.42. The second kappa shape index (κ2) is 10.5. The van der Waals surface area contributed by atoms with E-state index in [1.54, 1.807) is 23.1 Å². The van der Waals surface area contributed by atoms with Crippen molar-refractivity contribution in [2.75, 3.05) is 18.0 Å². The predicted octanol–water partition coefficient (Wildman–Crippen LogP) is 3.47. The normalized spacial score (nSPS) is 28.4. The summed E-state index contributed by atoms with van der Waals surface area (Å²) in [6, 6.07) is 4.91. The number of amides is 5. The van der Waals surface area contributed by atoms with Crippen molar-refractivity contribution < 1.29 is 33.5 Å². The average molecular weight is 576 g/mol. The van der Waals surface area contributed by atoms with Crippen molar-refractivity contribution in [1.29, 1.82) is 0 Å². The van der Waals surface area contributed by atoms with Crippen molar-refractivity contribution in [1.82, 2.24) is 9.80 Å². The van der Waals surface area contributed by atoms with Crippen LogP contribution in [0.2, 0.25) is 0 Å². The van der Waals surface area contributed by atoms with Gasteiger partial charge in [-0.15, -0.1) is 0 Å². The summed E-state index contributed by atoms with van der Waals surface area (Å²) in [5.74, 6) is -3.28. The topological polar surface area (TPSA) is 121 Å². The van der Waals surface area contributed by atoms with Crippen LogP contribution in [0.25, 0.3) is 5.57 Å². The second-order valence-electron chi connectivity index (χ2n) is 12.9. The molecule has 0 unspecified atom stereocenters. The van der Waals surface area contributed by atoms with Crippen molar-refractivity contribution in [3.63, 3.8) is 0 Å². The minimum atomic E-state index is -0.738. The van der Waals surface area contributed by atoms with Crippen molar-refractivity contribution in [3.05, 3.63) is 29.8 Å². The maximum atomic E-state index is 13.8. The van der Waals surface area contributed by atoms with Gasteiger partial charge in [0, 0.05) is 5.56 Å². The molecule has 2 saturated carbocycles. The first kappa shape index (κ1) is 28.3. The van der Waals surface area contributed by atoms with E-state index in [4.69, 9.17) is 4.74 Å². The number of rotatable bonds is 5. The maximum Gasteiger partial charge on any atom is 0.331 e. The molecule has 5 aliphatic rings. The Labute approximate surface area is 245 Å². The molecule has 0 bridgehead atoms. The minimum absolute atomic E-state index is 0.226. The van der Waals surface area contributed by atoms with Gasteiger partial charge in [-0.25, -0.2) is 4.79 Å². The predicted molar refractivity (Wildman–Crippen MR) is 152 cm³/mol. The van der Waals surface area contributed by atoms with Crippen LogP contribution in [-0.4, -0.2) is 63.9 Å². The Morgan fingerprint density at radius 3 is 1.76 bits per heavy atom. The highest BCUT2D eigenvalue weighted by atomic mass is 16.5. The first-order chi connectivity index (χ1) is 20.0. The van der Waals surface area contributed by atoms with E-state index in [0.717, 1.165) is 41.1 Å². The number of carbonyl (C=O) groups excluding carboxylic acids is 6. The molecule has 10 heteroatoms. The lowest BCUT2D eigenvalue weighted by atomic mass is 9.81. The third-order valence-electron chi connectivity index (χ3n) is 9.71. The molecule has 1 aromatic rings. The number of likely N-dealkylation sites (tertiary alicyclic amines) is 2. The zero-order valence-corrected chi connectivity index (χ0v) is 24.4. The number of carbonyl (C=O) groups is 6. The molecule has 0 N–H and O–H groups in total. The summed E-state index contributed by atoms with van der Waals surface area (Å²) in [5, 5.41) is 0. The molecule has 6 rings (SSSR count). The number of hydrogen-bond acceptors (Lipinski definition) is 7. The number of allylic oxidation sites excluding steroid dienone is 1. The van der Waals surface area contributed by atoms with Crippen molar-refractivity contribution in [2.24, 2.45) is 23.7 Å². The summed E-state index contributed by atoms with van der Waals surface area (Å²) in [4.78, 5) is 82.0. The summed E-state index contributed by atoms with van der Waals surface area (Å²) >= 11 is 0. The maximum absolute atomic E-state index is 13.8. The molecular weight excluding hydrogens is 538 g/mol. The Balaban J connectivity index is 1.19. The van der Waals surface area contributed by atoms with Crippen LogP contribution in [0, 0.1) is 23.7 Å². The summed E-state index contributed by atoms with van der Waals surface area (Å²) in [5.41, 5.74) is 1.37. The second-order valence-corrected chi connectivity index (χ2v) is 12.9. The SMILES string of the molecule is CC1=CC(C)(C)N(C(=O)CN2C(=O)[C@@H]3CCCC[C@H]3C2=O)c2ccc(OC(=O)CN3C(=O)[C@H]4CCCC[C@H]4C3=O)cc21. The Morgan fingerprint density at radius 1 is 0.786 bits per heavy atom. The third kappa shape index (κ3) is 4.65. The smallest absolute Gasteiger partial charge is 0.331 e. The quantitative estimate of drug-likeness (QED) is 0.299. The molecule has 0 aromatic heterocycles. The number of imide groups is 2. The van der Waals surface area contributed by atoms with Gasteiger partial charge in [0.05, 0.1) is 34.9 Å². The van der Waals surface area contributed by atoms with Crippen LogP contribution >= 0.6 is 0 Å². The summed E-state index contributed by atoms with van der Waals surface area (Å²) in [7, 11) is 0. The van der Waals surface area contributed by atoms with Crippen molar-refractivity contribution in [2.45, 2.75) is 77.7 Å². The van der Waals surface area contributed by atoms with Crippen LogP contribution in [0.4, 0.5) is 5.69 Å². The van der Waals surface area contributed by atoms with Gasteiger partial charge in [0.2, 0.25) is 29.5 Å². The van der Waals surface area contributed by atoms with Gasteiger partial charge < -0.3 is 9.64 Å². The molecule has 1 aromatic carbocycles. The van der Waals surface area contributed by atoms with Crippen LogP contribution in [0.5, 0.6) is 5.75 Å². The van der Waals surface area contributed by atoms with Gasteiger partial charge in [0.15, 0.2) is 0 Å². The Morgan fingerprint density at radius 2 is 1.26 bits per heavy atom. The molecule has 222 valence electrons. The van der Waals surface area contributed by atoms with Gasteiger partial charge in [-0.05, 0) is 70.2 Å². The lowest BCUT2D eigenvalue weighted by molar-refractivity contribution is -0.148. The lowest BCUT2D eigenvalue weighted by Crippen LogP contribution is -2.53. The summed E-state index contributed by atoms with van der Waals surface area (Å²) < 4.78 is 5.57. The number of ether oxygens (including phenoxy) is 1. The van der Waals surface area contributed by atoms with Crippen LogP contribution in [-0.2, 0) is 28.8 Å². The molecule has 4 atom stereocenters. The molecule has 4 fully saturated rings. The van der Waals surface area contributed by atoms with Gasteiger partial charge in [-0.1, -0.05) is 31.8 Å². The fourth-order valence-corrected chi connectivity index (χ4v) is 7.80. The zero-order valence-electron chi connectivity index (χ0n) is 24.4. The van der Waals surface area contributed by atoms with E-state index in [0.29, 0.717) is 36.9 Å². The number of fused-ring (bicyclic) bond motifs is 3. The third-order valence-corrected chi connectivity index (χ3v) is 9.71. The van der Waals surface area contributed by atoms with E-state index in [2.05, 4.69) is 0 Å². The average Bonchev–Trinajstić information content (AvgIpc) is 3.33. The fraction of sp³-hybridized carbons (Fsp3) is 0.562. The zero-order chi connectivity index (χ0) is 29.9. The Kier molecular flexibility index (Phi) is 7.06. The number of esters is 1. The standard InChI is InChI=1S/C32H37N3O7/c1-18-15-32(2,3)35(26(36)16-33-28(38)20-8-4-5-9-21(20)29(33)39)25-13-12-19(14-24(18)25)42-27(37)17-34-30(40)22-10-6-7-11-23(22)31(34)41/h12-15,20-23H,4-11,16-17H2,1-3H3/t20-,21-,22-,23+/m1/s1. The monoisotopic (exact) mass is 575 g/mol. The van der Waals surface area contributed by atoms with E-state index >= 15 is 0 Å². The molecule has 10 nitrogen and oxygen atoms in total. The number of hydrogen-bond donors (Lipinski definition) is 0. The van der Waals surface area contributed by atoms with Crippen LogP contribution < -0.4 is 9.64 Å². The molecule has 3 heterocycles. The fourth-order valence-electron chi connectivity index (χ4n) is 7.80. The molecular formula is C32H37N3O7. The van der Waals surface area contributed by atoms with Crippen molar-refractivity contribution >= 4 is 46.8 Å². The highest BCUT2D eigenvalue weighted by Crippen LogP contribution is 2.42. The Hall–Kier alpha value is -3.82. The molecule has 0 radical (unpaired) electrons. The number of anilines is 1. The molecule has 3 aliphatic heterocycles. The number of benzene rings is 1. The number of nitrogens with zero attached hydrogens (tertiary/aromatic N) is 3. The Bertz CT molecular complexity index is 1380. The van der Waals surface area contributed by atoms with E-state index < -0.39 is 18.1 Å². The molecule has 0 spiro atoms. The van der Waals surface area contributed by atoms with Gasteiger partial charge in [0.1, 0.15) is 18.8 Å². The van der Waals surface area contributed by atoms with Gasteiger partial charge in [0.25, 0.3) is 0 Å². The largest absolute Gasteiger partial charge is 0.425 e. The molecule has 2 saturated heterocycles. The van der Waals surface area contributed by atoms with E-state index in [-0.39, 0.29) is 65.5 Å². The van der Waals surface area contributed by atoms with Gasteiger partial charge in [-0.2, -0.15) is 0 Å². The van der Waals surface area contributed by atoms with Crippen LogP contribution in [0.1, 0.15) is 77.7 Å². The highest BCUT2D eigenvalue weighted by Gasteiger charge is 2.50. The molecule has 42 heavy (non-hydrogen) atoms. The molecule has 5 amide bonds. The van der Waals surface area contributed by atoms with Crippen LogP contribution in [0.15, 0.2) is 24.3 Å². The summed E-state index contributed by atoms with van der Waals surface area (Å²) in [6.07, 6.45) is 8.27. The van der Waals surface area contributed by atoms with E-state index in [9.17, 15) is 28.8 Å². The van der Waals surface area contributed by atoms with Crippen LogP contribution in [0.3, 0.4) is 0 Å². The first-order valence-corrected chi connectivity index (χ1v) is 15.1. The van der Waals surface area contributed by atoms with Gasteiger partial charge >= 0.3 is 5.97 Å². The highest BCUT2D eigenvalue weighted by molar-refractivity contribution is 6.10. The summed E-state index contributed by atoms with van der Waals surface area (Å²) in [6.45, 7) is 4.92. The van der Waals surface area contributed by atoms with Gasteiger partial charge in [-0.3, -0.25) is 33.8 Å². The first-order valence-electron chi connectivity index (χ1n) is 15.1. The van der Waals surface area contributed by atoms with E-state index in [1.807, 2.05) is 26.8 Å². The minimum Gasteiger partial charge on any atom is -0.425 e. The molecule has 2 aliphatic carbocycles.